The summed E-state index contributed by atoms with van der Waals surface area (Å²) in [7, 11) is 0. The van der Waals surface area contributed by atoms with Crippen molar-refractivity contribution in [2.24, 2.45) is 11.7 Å². The molecule has 1 aromatic rings. The molecule has 0 radical (unpaired) electrons. The maximum Gasteiger partial charge on any atom is 0.138 e. The zero-order valence-electron chi connectivity index (χ0n) is 9.97. The Labute approximate surface area is 101 Å². The van der Waals surface area contributed by atoms with E-state index in [2.05, 4.69) is 23.9 Å². The van der Waals surface area contributed by atoms with Crippen LogP contribution in [-0.4, -0.2) is 32.3 Å². The third kappa shape index (κ3) is 2.58. The number of nitrogens with two attached hydrogens (primary N) is 1. The number of rotatable bonds is 4. The molecule has 1 saturated heterocycles. The highest BCUT2D eigenvalue weighted by Crippen LogP contribution is 2.26. The van der Waals surface area contributed by atoms with Crippen LogP contribution in [0.15, 0.2) is 6.33 Å². The summed E-state index contributed by atoms with van der Waals surface area (Å²) in [5.41, 5.74) is 6.24. The Kier molecular flexibility index (Phi) is 3.86. The quantitative estimate of drug-likeness (QED) is 0.866. The zero-order valence-corrected chi connectivity index (χ0v) is 10.8. The summed E-state index contributed by atoms with van der Waals surface area (Å²) in [5.74, 6) is 4.15. The van der Waals surface area contributed by atoms with Crippen molar-refractivity contribution >= 4 is 11.8 Å². The summed E-state index contributed by atoms with van der Waals surface area (Å²) in [6.45, 7) is 4.24. The first-order chi connectivity index (χ1) is 7.68. The average Bonchev–Trinajstić information content (AvgIpc) is 2.86. The van der Waals surface area contributed by atoms with Gasteiger partial charge < -0.3 is 5.73 Å². The molecule has 2 N–H and O–H groups in total. The molecule has 1 aromatic heterocycles. The Hall–Kier alpha value is -0.550. The Morgan fingerprint density at radius 1 is 1.62 bits per heavy atom. The molecule has 0 saturated carbocycles. The van der Waals surface area contributed by atoms with Gasteiger partial charge in [-0.05, 0) is 37.7 Å². The molecule has 0 spiro atoms. The molecule has 0 bridgehead atoms. The summed E-state index contributed by atoms with van der Waals surface area (Å²) < 4.78 is 1.97. The van der Waals surface area contributed by atoms with E-state index in [1.165, 1.54) is 17.9 Å². The van der Waals surface area contributed by atoms with E-state index in [-0.39, 0.29) is 6.04 Å². The predicted molar refractivity (Wildman–Crippen MR) is 67.5 cm³/mol. The molecular formula is C11H20N4S. The van der Waals surface area contributed by atoms with Gasteiger partial charge in [-0.15, -0.1) is 0 Å². The first-order valence-corrected chi connectivity index (χ1v) is 7.05. The standard InChI is InChI=1S/C11H20N4S/c1-8(2)15-11(13-7-14-15)5-10(12)9-3-4-16-6-9/h7-10H,3-6,12H2,1-2H3. The summed E-state index contributed by atoms with van der Waals surface area (Å²) in [6.07, 6.45) is 3.73. The summed E-state index contributed by atoms with van der Waals surface area (Å²) >= 11 is 2.01. The monoisotopic (exact) mass is 240 g/mol. The molecule has 16 heavy (non-hydrogen) atoms. The van der Waals surface area contributed by atoms with E-state index in [0.717, 1.165) is 12.2 Å². The highest BCUT2D eigenvalue weighted by molar-refractivity contribution is 7.99. The van der Waals surface area contributed by atoms with Crippen LogP contribution in [0.2, 0.25) is 0 Å². The molecule has 4 nitrogen and oxygen atoms in total. The lowest BCUT2D eigenvalue weighted by molar-refractivity contribution is 0.429. The summed E-state index contributed by atoms with van der Waals surface area (Å²) in [6, 6.07) is 0.597. The number of hydrogen-bond acceptors (Lipinski definition) is 4. The Morgan fingerprint density at radius 3 is 3.06 bits per heavy atom. The Morgan fingerprint density at radius 2 is 2.44 bits per heavy atom. The van der Waals surface area contributed by atoms with E-state index < -0.39 is 0 Å². The van der Waals surface area contributed by atoms with E-state index in [1.807, 2.05) is 16.4 Å². The maximum absolute atomic E-state index is 6.24. The van der Waals surface area contributed by atoms with Gasteiger partial charge in [-0.3, -0.25) is 0 Å². The van der Waals surface area contributed by atoms with Crippen LogP contribution >= 0.6 is 11.8 Å². The van der Waals surface area contributed by atoms with E-state index in [9.17, 15) is 0 Å². The van der Waals surface area contributed by atoms with E-state index in [0.29, 0.717) is 12.0 Å². The van der Waals surface area contributed by atoms with E-state index in [4.69, 9.17) is 5.73 Å². The lowest BCUT2D eigenvalue weighted by atomic mass is 9.97. The fraction of sp³-hybridized carbons (Fsp3) is 0.818. The largest absolute Gasteiger partial charge is 0.327 e. The van der Waals surface area contributed by atoms with Gasteiger partial charge in [0, 0.05) is 18.5 Å². The van der Waals surface area contributed by atoms with Crippen LogP contribution in [0, 0.1) is 5.92 Å². The number of aromatic nitrogens is 3. The molecule has 2 atom stereocenters. The minimum Gasteiger partial charge on any atom is -0.327 e. The van der Waals surface area contributed by atoms with Gasteiger partial charge >= 0.3 is 0 Å². The van der Waals surface area contributed by atoms with Gasteiger partial charge in [0.1, 0.15) is 12.2 Å². The van der Waals surface area contributed by atoms with Gasteiger partial charge in [0.25, 0.3) is 0 Å². The fourth-order valence-corrected chi connectivity index (χ4v) is 3.47. The second kappa shape index (κ2) is 5.19. The molecule has 2 rings (SSSR count). The lowest BCUT2D eigenvalue weighted by Crippen LogP contribution is -2.33. The summed E-state index contributed by atoms with van der Waals surface area (Å²) in [4.78, 5) is 4.31. The van der Waals surface area contributed by atoms with Crippen LogP contribution in [0.4, 0.5) is 0 Å². The zero-order chi connectivity index (χ0) is 11.5. The third-order valence-corrected chi connectivity index (χ3v) is 4.31. The van der Waals surface area contributed by atoms with Crippen LogP contribution < -0.4 is 5.73 Å². The van der Waals surface area contributed by atoms with Gasteiger partial charge in [-0.25, -0.2) is 9.67 Å². The third-order valence-electron chi connectivity index (χ3n) is 3.13. The molecule has 1 aliphatic heterocycles. The fourth-order valence-electron chi connectivity index (χ4n) is 2.12. The summed E-state index contributed by atoms with van der Waals surface area (Å²) in [5, 5.41) is 4.24. The lowest BCUT2D eigenvalue weighted by Gasteiger charge is -2.18. The number of hydrogen-bond donors (Lipinski definition) is 1. The van der Waals surface area contributed by atoms with Gasteiger partial charge in [-0.2, -0.15) is 16.9 Å². The smallest absolute Gasteiger partial charge is 0.138 e. The normalized spacial score (nSPS) is 22.9. The minimum atomic E-state index is 0.233. The highest BCUT2D eigenvalue weighted by Gasteiger charge is 2.24. The van der Waals surface area contributed by atoms with Crippen LogP contribution in [-0.2, 0) is 6.42 Å². The van der Waals surface area contributed by atoms with E-state index >= 15 is 0 Å². The maximum atomic E-state index is 6.24. The van der Waals surface area contributed by atoms with Crippen LogP contribution in [0.1, 0.15) is 32.1 Å². The topological polar surface area (TPSA) is 56.7 Å². The van der Waals surface area contributed by atoms with Crippen molar-refractivity contribution < 1.29 is 0 Å². The van der Waals surface area contributed by atoms with Crippen LogP contribution in [0.5, 0.6) is 0 Å². The van der Waals surface area contributed by atoms with Gasteiger partial charge in [0.05, 0.1) is 0 Å². The number of thioether (sulfide) groups is 1. The molecule has 0 aliphatic carbocycles. The van der Waals surface area contributed by atoms with Crippen molar-refractivity contribution in [2.75, 3.05) is 11.5 Å². The van der Waals surface area contributed by atoms with Crippen LogP contribution in [0.25, 0.3) is 0 Å². The molecule has 1 aliphatic rings. The van der Waals surface area contributed by atoms with Crippen molar-refractivity contribution in [3.63, 3.8) is 0 Å². The molecule has 5 heteroatoms. The number of nitrogens with zero attached hydrogens (tertiary/aromatic N) is 3. The molecular weight excluding hydrogens is 220 g/mol. The first-order valence-electron chi connectivity index (χ1n) is 5.90. The SMILES string of the molecule is CC(C)n1ncnc1CC(N)C1CCSC1. The average molecular weight is 240 g/mol. The van der Waals surface area contributed by atoms with Gasteiger partial charge in [0.2, 0.25) is 0 Å². The van der Waals surface area contributed by atoms with Crippen molar-refractivity contribution in [1.82, 2.24) is 14.8 Å². The molecule has 2 unspecified atom stereocenters. The van der Waals surface area contributed by atoms with E-state index in [1.54, 1.807) is 6.33 Å². The second-order valence-corrected chi connectivity index (χ2v) is 5.86. The van der Waals surface area contributed by atoms with Gasteiger partial charge in [-0.1, -0.05) is 0 Å². The molecule has 0 amide bonds. The Balaban J connectivity index is 1.99. The first kappa shape index (κ1) is 11.9. The van der Waals surface area contributed by atoms with Crippen molar-refractivity contribution in [1.29, 1.82) is 0 Å². The minimum absolute atomic E-state index is 0.233. The molecule has 1 fully saturated rings. The van der Waals surface area contributed by atoms with Crippen molar-refractivity contribution in [3.8, 4) is 0 Å². The predicted octanol–water partition coefficient (Wildman–Crippen LogP) is 1.48. The molecule has 90 valence electrons. The van der Waals surface area contributed by atoms with Crippen LogP contribution in [0.3, 0.4) is 0 Å². The second-order valence-electron chi connectivity index (χ2n) is 4.71. The van der Waals surface area contributed by atoms with Crippen molar-refractivity contribution in [2.45, 2.75) is 38.8 Å². The molecule has 0 aromatic carbocycles. The highest BCUT2D eigenvalue weighted by atomic mass is 32.2. The van der Waals surface area contributed by atoms with Gasteiger partial charge in [0.15, 0.2) is 0 Å². The van der Waals surface area contributed by atoms with Crippen molar-refractivity contribution in [3.05, 3.63) is 12.2 Å². The Bertz CT molecular complexity index is 330. The molecule has 2 heterocycles.